The molecule has 2 saturated heterocycles. The minimum absolute atomic E-state index is 0.113. The maximum Gasteiger partial charge on any atom is 0.251 e. The third-order valence-electron chi connectivity index (χ3n) is 5.83. The van der Waals surface area contributed by atoms with Crippen molar-refractivity contribution >= 4 is 15.9 Å². The quantitative estimate of drug-likeness (QED) is 0.700. The fourth-order valence-corrected chi connectivity index (χ4v) is 5.66. The highest BCUT2D eigenvalue weighted by molar-refractivity contribution is 7.89. The molecule has 8 nitrogen and oxygen atoms in total. The topological polar surface area (TPSA) is 92.1 Å². The summed E-state index contributed by atoms with van der Waals surface area (Å²) >= 11 is 0. The van der Waals surface area contributed by atoms with Crippen LogP contribution in [0.5, 0.6) is 0 Å². The van der Waals surface area contributed by atoms with E-state index in [1.165, 1.54) is 10.4 Å². The Labute approximate surface area is 183 Å². The molecule has 2 fully saturated rings. The second-order valence-corrected chi connectivity index (χ2v) is 9.90. The Morgan fingerprint density at radius 3 is 2.52 bits per heavy atom. The Bertz CT molecular complexity index is 1010. The van der Waals surface area contributed by atoms with Gasteiger partial charge < -0.3 is 14.5 Å². The fraction of sp³-hybridized carbons (Fsp3) is 0.500. The van der Waals surface area contributed by atoms with Gasteiger partial charge in [-0.1, -0.05) is 6.07 Å². The summed E-state index contributed by atoms with van der Waals surface area (Å²) in [6.45, 7) is 6.10. The lowest BCUT2D eigenvalue weighted by atomic mass is 10.1. The summed E-state index contributed by atoms with van der Waals surface area (Å²) in [6, 6.07) is 10.0. The largest absolute Gasteiger partial charge is 0.465 e. The van der Waals surface area contributed by atoms with Gasteiger partial charge >= 0.3 is 0 Å². The first kappa shape index (κ1) is 22.0. The molecule has 0 bridgehead atoms. The zero-order chi connectivity index (χ0) is 21.8. The van der Waals surface area contributed by atoms with Gasteiger partial charge in [-0.05, 0) is 50.1 Å². The maximum absolute atomic E-state index is 12.9. The summed E-state index contributed by atoms with van der Waals surface area (Å²) in [5.74, 6) is 1.31. The van der Waals surface area contributed by atoms with Crippen LogP contribution in [-0.2, 0) is 14.8 Å². The number of benzene rings is 1. The molecule has 0 spiro atoms. The minimum atomic E-state index is -3.57. The maximum atomic E-state index is 12.9. The Morgan fingerprint density at radius 1 is 1.10 bits per heavy atom. The van der Waals surface area contributed by atoms with E-state index in [4.69, 9.17) is 9.15 Å². The second-order valence-electron chi connectivity index (χ2n) is 7.96. The molecule has 2 aromatic rings. The van der Waals surface area contributed by atoms with Gasteiger partial charge in [0, 0.05) is 38.3 Å². The first-order valence-electron chi connectivity index (χ1n) is 10.7. The van der Waals surface area contributed by atoms with E-state index in [1.807, 2.05) is 19.1 Å². The standard InChI is InChI=1S/C22H29N3O5S/c1-17-7-8-21(30-17)20(24-11-13-29-14-12-24)16-23-22(26)18-5-4-6-19(15-18)31(27,28)25-9-2-3-10-25/h4-8,15,20H,2-3,9-14,16H2,1H3,(H,23,26). The number of nitrogens with zero attached hydrogens (tertiary/aromatic N) is 2. The van der Waals surface area contributed by atoms with Crippen molar-refractivity contribution in [1.29, 1.82) is 0 Å². The van der Waals surface area contributed by atoms with E-state index < -0.39 is 10.0 Å². The highest BCUT2D eigenvalue weighted by Gasteiger charge is 2.28. The van der Waals surface area contributed by atoms with E-state index in [0.29, 0.717) is 38.4 Å². The lowest BCUT2D eigenvalue weighted by Crippen LogP contribution is -2.43. The van der Waals surface area contributed by atoms with E-state index >= 15 is 0 Å². The smallest absolute Gasteiger partial charge is 0.251 e. The number of aryl methyl sites for hydroxylation is 1. The Morgan fingerprint density at radius 2 is 1.84 bits per heavy atom. The summed E-state index contributed by atoms with van der Waals surface area (Å²) < 4.78 is 38.4. The van der Waals surface area contributed by atoms with Gasteiger partial charge in [-0.15, -0.1) is 0 Å². The van der Waals surface area contributed by atoms with Crippen molar-refractivity contribution < 1.29 is 22.4 Å². The predicted octanol–water partition coefficient (Wildman–Crippen LogP) is 2.18. The normalized spacial score (nSPS) is 19.4. The van der Waals surface area contributed by atoms with Crippen molar-refractivity contribution in [1.82, 2.24) is 14.5 Å². The molecule has 1 N–H and O–H groups in total. The predicted molar refractivity (Wildman–Crippen MR) is 115 cm³/mol. The number of carbonyl (C=O) groups is 1. The van der Waals surface area contributed by atoms with Crippen LogP contribution in [0.15, 0.2) is 45.7 Å². The van der Waals surface area contributed by atoms with Crippen LogP contribution < -0.4 is 5.32 Å². The van der Waals surface area contributed by atoms with E-state index in [-0.39, 0.29) is 16.8 Å². The molecule has 1 amide bonds. The highest BCUT2D eigenvalue weighted by Crippen LogP contribution is 2.24. The number of sulfonamides is 1. The molecule has 1 aromatic carbocycles. The third-order valence-corrected chi connectivity index (χ3v) is 7.73. The lowest BCUT2D eigenvalue weighted by molar-refractivity contribution is 0.0117. The Kier molecular flexibility index (Phi) is 6.76. The van der Waals surface area contributed by atoms with E-state index in [9.17, 15) is 13.2 Å². The molecule has 3 heterocycles. The Balaban J connectivity index is 1.48. The molecule has 2 aliphatic heterocycles. The number of hydrogen-bond donors (Lipinski definition) is 1. The molecule has 0 aliphatic carbocycles. The highest BCUT2D eigenvalue weighted by atomic mass is 32.2. The van der Waals surface area contributed by atoms with Crippen molar-refractivity contribution in [3.8, 4) is 0 Å². The fourth-order valence-electron chi connectivity index (χ4n) is 4.10. The zero-order valence-corrected chi connectivity index (χ0v) is 18.6. The molecule has 0 radical (unpaired) electrons. The SMILES string of the molecule is Cc1ccc(C(CNC(=O)c2cccc(S(=O)(=O)N3CCCC3)c2)N2CCOCC2)o1. The number of furan rings is 1. The molecule has 2 aliphatic rings. The average Bonchev–Trinajstić information content (AvgIpc) is 3.47. The van der Waals surface area contributed by atoms with Crippen LogP contribution in [0.25, 0.3) is 0 Å². The van der Waals surface area contributed by atoms with Gasteiger partial charge in [0.2, 0.25) is 10.0 Å². The summed E-state index contributed by atoms with van der Waals surface area (Å²) in [5.41, 5.74) is 0.330. The molecule has 168 valence electrons. The Hall–Kier alpha value is -2.20. The number of morpholine rings is 1. The number of amides is 1. The van der Waals surface area contributed by atoms with Gasteiger partial charge in [-0.25, -0.2) is 8.42 Å². The first-order valence-corrected chi connectivity index (χ1v) is 12.2. The number of nitrogens with one attached hydrogen (secondary N) is 1. The van der Waals surface area contributed by atoms with Crippen LogP contribution in [0.2, 0.25) is 0 Å². The molecule has 1 atom stereocenters. The number of hydrogen-bond acceptors (Lipinski definition) is 6. The molecule has 1 unspecified atom stereocenters. The van der Waals surface area contributed by atoms with Crippen LogP contribution in [-0.4, -0.2) is 69.5 Å². The van der Waals surface area contributed by atoms with Gasteiger partial charge in [0.15, 0.2) is 0 Å². The van der Waals surface area contributed by atoms with Crippen LogP contribution in [0.1, 0.15) is 40.8 Å². The van der Waals surface area contributed by atoms with Crippen LogP contribution in [0.4, 0.5) is 0 Å². The summed E-state index contributed by atoms with van der Waals surface area (Å²) in [7, 11) is -3.57. The monoisotopic (exact) mass is 447 g/mol. The van der Waals surface area contributed by atoms with Gasteiger partial charge in [-0.3, -0.25) is 9.69 Å². The van der Waals surface area contributed by atoms with Crippen LogP contribution in [0.3, 0.4) is 0 Å². The molecule has 4 rings (SSSR count). The lowest BCUT2D eigenvalue weighted by Gasteiger charge is -2.33. The van der Waals surface area contributed by atoms with Gasteiger partial charge in [-0.2, -0.15) is 4.31 Å². The average molecular weight is 448 g/mol. The molecule has 1 aromatic heterocycles. The van der Waals surface area contributed by atoms with Crippen LogP contribution >= 0.6 is 0 Å². The second kappa shape index (κ2) is 9.52. The molecular weight excluding hydrogens is 418 g/mol. The third kappa shape index (κ3) is 5.01. The van der Waals surface area contributed by atoms with Crippen molar-refractivity contribution in [2.24, 2.45) is 0 Å². The minimum Gasteiger partial charge on any atom is -0.465 e. The number of ether oxygens (including phenoxy) is 1. The molecular formula is C22H29N3O5S. The molecule has 0 saturated carbocycles. The summed E-state index contributed by atoms with van der Waals surface area (Å²) in [5, 5.41) is 2.96. The van der Waals surface area contributed by atoms with Gasteiger partial charge in [0.1, 0.15) is 11.5 Å². The van der Waals surface area contributed by atoms with Gasteiger partial charge in [0.05, 0.1) is 24.2 Å². The van der Waals surface area contributed by atoms with E-state index in [0.717, 1.165) is 37.5 Å². The van der Waals surface area contributed by atoms with Crippen LogP contribution in [0, 0.1) is 6.92 Å². The molecule has 9 heteroatoms. The van der Waals surface area contributed by atoms with Gasteiger partial charge in [0.25, 0.3) is 5.91 Å². The zero-order valence-electron chi connectivity index (χ0n) is 17.7. The van der Waals surface area contributed by atoms with E-state index in [2.05, 4.69) is 10.2 Å². The summed E-state index contributed by atoms with van der Waals surface area (Å²) in [4.78, 5) is 15.3. The van der Waals surface area contributed by atoms with Crippen molar-refractivity contribution in [3.05, 3.63) is 53.5 Å². The van der Waals surface area contributed by atoms with Crippen molar-refractivity contribution in [3.63, 3.8) is 0 Å². The molecule has 31 heavy (non-hydrogen) atoms. The van der Waals surface area contributed by atoms with Crippen molar-refractivity contribution in [2.45, 2.75) is 30.7 Å². The summed E-state index contributed by atoms with van der Waals surface area (Å²) in [6.07, 6.45) is 1.74. The van der Waals surface area contributed by atoms with Crippen molar-refractivity contribution in [2.75, 3.05) is 45.9 Å². The van der Waals surface area contributed by atoms with E-state index in [1.54, 1.807) is 18.2 Å². The number of rotatable bonds is 7. The number of carbonyl (C=O) groups excluding carboxylic acids is 1. The first-order chi connectivity index (χ1) is 14.9.